The highest BCUT2D eigenvalue weighted by Gasteiger charge is 2.28. The number of hydrogen-bond acceptors (Lipinski definition) is 5. The molecule has 0 radical (unpaired) electrons. The van der Waals surface area contributed by atoms with E-state index >= 15 is 0 Å². The van der Waals surface area contributed by atoms with E-state index in [1.165, 1.54) is 6.42 Å². The highest BCUT2D eigenvalue weighted by Crippen LogP contribution is 2.18. The van der Waals surface area contributed by atoms with Crippen LogP contribution >= 0.6 is 0 Å². The summed E-state index contributed by atoms with van der Waals surface area (Å²) in [5, 5.41) is 3.04. The number of carbonyl (C=O) groups excluding carboxylic acids is 1. The average Bonchev–Trinajstić information content (AvgIpc) is 2.98. The molecule has 2 heterocycles. The van der Waals surface area contributed by atoms with Gasteiger partial charge in [0.05, 0.1) is 12.6 Å². The van der Waals surface area contributed by atoms with Gasteiger partial charge in [-0.15, -0.1) is 0 Å². The summed E-state index contributed by atoms with van der Waals surface area (Å²) < 4.78 is 10.5. The van der Waals surface area contributed by atoms with Crippen molar-refractivity contribution in [2.24, 2.45) is 11.7 Å². The summed E-state index contributed by atoms with van der Waals surface area (Å²) in [7, 11) is 1.72. The number of methoxy groups -OCH3 is 1. The van der Waals surface area contributed by atoms with E-state index in [1.54, 1.807) is 7.11 Å². The fourth-order valence-electron chi connectivity index (χ4n) is 3.25. The van der Waals surface area contributed by atoms with E-state index in [0.717, 1.165) is 52.2 Å². The largest absolute Gasteiger partial charge is 0.383 e. The molecule has 2 atom stereocenters. The zero-order valence-electron chi connectivity index (χ0n) is 13.1. The SMILES string of the molecule is COCCN1CCCC1CNC(=O)C(N)C1CCOCC1. The third kappa shape index (κ3) is 4.92. The van der Waals surface area contributed by atoms with Crippen molar-refractivity contribution in [2.45, 2.75) is 37.8 Å². The molecule has 0 aromatic rings. The Hall–Kier alpha value is -0.690. The van der Waals surface area contributed by atoms with Gasteiger partial charge in [-0.25, -0.2) is 0 Å². The summed E-state index contributed by atoms with van der Waals surface area (Å²) >= 11 is 0. The second kappa shape index (κ2) is 8.68. The highest BCUT2D eigenvalue weighted by molar-refractivity contribution is 5.81. The molecule has 0 bridgehead atoms. The van der Waals surface area contributed by atoms with Crippen LogP contribution in [0.25, 0.3) is 0 Å². The van der Waals surface area contributed by atoms with Gasteiger partial charge < -0.3 is 20.5 Å². The lowest BCUT2D eigenvalue weighted by Gasteiger charge is -2.28. The second-order valence-corrected chi connectivity index (χ2v) is 6.05. The number of nitrogens with zero attached hydrogens (tertiary/aromatic N) is 1. The molecule has 2 rings (SSSR count). The van der Waals surface area contributed by atoms with E-state index < -0.39 is 6.04 Å². The lowest BCUT2D eigenvalue weighted by atomic mass is 9.92. The smallest absolute Gasteiger partial charge is 0.237 e. The molecule has 0 saturated carbocycles. The third-order valence-electron chi connectivity index (χ3n) is 4.67. The van der Waals surface area contributed by atoms with Gasteiger partial charge in [0.2, 0.25) is 5.91 Å². The summed E-state index contributed by atoms with van der Waals surface area (Å²) in [6, 6.07) is 0.0220. The van der Waals surface area contributed by atoms with Crippen molar-refractivity contribution in [1.29, 1.82) is 0 Å². The first-order valence-electron chi connectivity index (χ1n) is 8.06. The maximum absolute atomic E-state index is 12.2. The minimum absolute atomic E-state index is 0.0134. The fraction of sp³-hybridized carbons (Fsp3) is 0.933. The van der Waals surface area contributed by atoms with E-state index in [0.29, 0.717) is 12.6 Å². The molecule has 0 aromatic heterocycles. The molecule has 0 aromatic carbocycles. The number of rotatable bonds is 7. The van der Waals surface area contributed by atoms with Gasteiger partial charge in [0.15, 0.2) is 0 Å². The van der Waals surface area contributed by atoms with Crippen LogP contribution in [0.4, 0.5) is 0 Å². The Morgan fingerprint density at radius 1 is 1.43 bits per heavy atom. The van der Waals surface area contributed by atoms with Crippen LogP contribution in [-0.2, 0) is 14.3 Å². The van der Waals surface area contributed by atoms with Crippen LogP contribution in [0.1, 0.15) is 25.7 Å². The van der Waals surface area contributed by atoms with Crippen LogP contribution in [0.15, 0.2) is 0 Å². The van der Waals surface area contributed by atoms with E-state index in [2.05, 4.69) is 10.2 Å². The summed E-state index contributed by atoms with van der Waals surface area (Å²) in [5.41, 5.74) is 6.09. The van der Waals surface area contributed by atoms with E-state index in [1.807, 2.05) is 0 Å². The van der Waals surface area contributed by atoms with Gasteiger partial charge in [-0.2, -0.15) is 0 Å². The molecule has 3 N–H and O–H groups in total. The van der Waals surface area contributed by atoms with Gasteiger partial charge >= 0.3 is 0 Å². The molecule has 2 fully saturated rings. The first-order chi connectivity index (χ1) is 10.2. The van der Waals surface area contributed by atoms with Crippen molar-refractivity contribution in [3.8, 4) is 0 Å². The van der Waals surface area contributed by atoms with Crippen LogP contribution in [0, 0.1) is 5.92 Å². The normalized spacial score (nSPS) is 25.9. The van der Waals surface area contributed by atoms with Crippen LogP contribution < -0.4 is 11.1 Å². The molecule has 6 nitrogen and oxygen atoms in total. The number of nitrogens with two attached hydrogens (primary N) is 1. The van der Waals surface area contributed by atoms with Crippen LogP contribution in [0.5, 0.6) is 0 Å². The number of carbonyl (C=O) groups is 1. The Balaban J connectivity index is 1.72. The van der Waals surface area contributed by atoms with E-state index in [-0.39, 0.29) is 11.8 Å². The predicted molar refractivity (Wildman–Crippen MR) is 81.0 cm³/mol. The van der Waals surface area contributed by atoms with Gasteiger partial charge in [0, 0.05) is 39.5 Å². The third-order valence-corrected chi connectivity index (χ3v) is 4.67. The van der Waals surface area contributed by atoms with Gasteiger partial charge in [-0.1, -0.05) is 0 Å². The molecule has 21 heavy (non-hydrogen) atoms. The molecule has 1 amide bonds. The van der Waals surface area contributed by atoms with Gasteiger partial charge in [-0.05, 0) is 38.1 Å². The van der Waals surface area contributed by atoms with Crippen molar-refractivity contribution in [1.82, 2.24) is 10.2 Å². The zero-order chi connectivity index (χ0) is 15.1. The Morgan fingerprint density at radius 3 is 2.90 bits per heavy atom. The Bertz CT molecular complexity index is 321. The predicted octanol–water partition coefficient (Wildman–Crippen LogP) is -0.0327. The summed E-state index contributed by atoms with van der Waals surface area (Å²) in [6.07, 6.45) is 4.10. The Labute approximate surface area is 127 Å². The van der Waals surface area contributed by atoms with Crippen molar-refractivity contribution in [2.75, 3.05) is 46.6 Å². The maximum atomic E-state index is 12.2. The van der Waals surface area contributed by atoms with Gasteiger partial charge in [0.25, 0.3) is 0 Å². The molecule has 2 aliphatic heterocycles. The molecular formula is C15H29N3O3. The Kier molecular flexibility index (Phi) is 6.89. The summed E-state index contributed by atoms with van der Waals surface area (Å²) in [4.78, 5) is 14.6. The quantitative estimate of drug-likeness (QED) is 0.690. The van der Waals surface area contributed by atoms with Crippen LogP contribution in [0.3, 0.4) is 0 Å². The van der Waals surface area contributed by atoms with E-state index in [4.69, 9.17) is 15.2 Å². The number of hydrogen-bond donors (Lipinski definition) is 2. The molecule has 6 heteroatoms. The molecule has 0 aliphatic carbocycles. The average molecular weight is 299 g/mol. The molecule has 2 aliphatic rings. The lowest BCUT2D eigenvalue weighted by molar-refractivity contribution is -0.124. The van der Waals surface area contributed by atoms with Crippen molar-refractivity contribution in [3.63, 3.8) is 0 Å². The maximum Gasteiger partial charge on any atom is 0.237 e. The van der Waals surface area contributed by atoms with Gasteiger partial charge in [0.1, 0.15) is 0 Å². The van der Waals surface area contributed by atoms with Crippen molar-refractivity contribution < 1.29 is 14.3 Å². The summed E-state index contributed by atoms with van der Waals surface area (Å²) in [5.74, 6) is 0.243. The second-order valence-electron chi connectivity index (χ2n) is 6.05. The zero-order valence-corrected chi connectivity index (χ0v) is 13.1. The molecular weight excluding hydrogens is 270 g/mol. The van der Waals surface area contributed by atoms with Crippen LogP contribution in [0.2, 0.25) is 0 Å². The minimum atomic E-state index is -0.400. The highest BCUT2D eigenvalue weighted by atomic mass is 16.5. The van der Waals surface area contributed by atoms with E-state index in [9.17, 15) is 4.79 Å². The van der Waals surface area contributed by atoms with Crippen molar-refractivity contribution in [3.05, 3.63) is 0 Å². The monoisotopic (exact) mass is 299 g/mol. The minimum Gasteiger partial charge on any atom is -0.383 e. The van der Waals surface area contributed by atoms with Crippen LogP contribution in [-0.4, -0.2) is 69.5 Å². The first kappa shape index (κ1) is 16.7. The molecule has 2 unspecified atom stereocenters. The lowest BCUT2D eigenvalue weighted by Crippen LogP contribution is -2.50. The standard InChI is InChI=1S/C15H29N3O3/c1-20-10-7-18-6-2-3-13(18)11-17-15(19)14(16)12-4-8-21-9-5-12/h12-14H,2-11,16H2,1H3,(H,17,19). The number of amides is 1. The Morgan fingerprint density at radius 2 is 2.19 bits per heavy atom. The number of ether oxygens (including phenoxy) is 2. The van der Waals surface area contributed by atoms with Crippen molar-refractivity contribution >= 4 is 5.91 Å². The topological polar surface area (TPSA) is 76.8 Å². The number of likely N-dealkylation sites (tertiary alicyclic amines) is 1. The molecule has 0 spiro atoms. The molecule has 122 valence electrons. The molecule has 2 saturated heterocycles. The van der Waals surface area contributed by atoms with Gasteiger partial charge in [-0.3, -0.25) is 9.69 Å². The summed E-state index contributed by atoms with van der Waals surface area (Å²) in [6.45, 7) is 4.91. The fourth-order valence-corrected chi connectivity index (χ4v) is 3.25. The number of nitrogens with one attached hydrogen (secondary N) is 1. The first-order valence-corrected chi connectivity index (χ1v) is 8.06.